The van der Waals surface area contributed by atoms with E-state index in [0.717, 1.165) is 12.8 Å². The SMILES string of the molecule is CC1CCC2OC(C(=O)O)CC2N1. The summed E-state index contributed by atoms with van der Waals surface area (Å²) in [5, 5.41) is 12.1. The third-order valence-electron chi connectivity index (χ3n) is 2.91. The average Bonchev–Trinajstić information content (AvgIpc) is 2.46. The topological polar surface area (TPSA) is 58.6 Å². The van der Waals surface area contributed by atoms with Gasteiger partial charge < -0.3 is 15.2 Å². The number of rotatable bonds is 1. The van der Waals surface area contributed by atoms with E-state index in [4.69, 9.17) is 9.84 Å². The second kappa shape index (κ2) is 3.27. The summed E-state index contributed by atoms with van der Waals surface area (Å²) in [6, 6.07) is 0.752. The molecule has 2 heterocycles. The lowest BCUT2D eigenvalue weighted by Crippen LogP contribution is -2.46. The van der Waals surface area contributed by atoms with Crippen LogP contribution in [0.4, 0.5) is 0 Å². The predicted molar refractivity (Wildman–Crippen MR) is 46.5 cm³/mol. The molecule has 4 nitrogen and oxygen atoms in total. The van der Waals surface area contributed by atoms with E-state index in [-0.39, 0.29) is 12.1 Å². The summed E-state index contributed by atoms with van der Waals surface area (Å²) in [5.74, 6) is -0.830. The van der Waals surface area contributed by atoms with E-state index in [9.17, 15) is 4.79 Å². The van der Waals surface area contributed by atoms with Crippen molar-refractivity contribution in [2.24, 2.45) is 0 Å². The Morgan fingerprint density at radius 1 is 1.54 bits per heavy atom. The maximum Gasteiger partial charge on any atom is 0.332 e. The van der Waals surface area contributed by atoms with Crippen molar-refractivity contribution in [2.75, 3.05) is 0 Å². The Morgan fingerprint density at radius 3 is 3.00 bits per heavy atom. The molecule has 0 bridgehead atoms. The van der Waals surface area contributed by atoms with Gasteiger partial charge in [0, 0.05) is 18.5 Å². The third kappa shape index (κ3) is 1.69. The molecule has 0 aromatic heterocycles. The van der Waals surface area contributed by atoms with E-state index in [1.165, 1.54) is 0 Å². The highest BCUT2D eigenvalue weighted by atomic mass is 16.5. The highest BCUT2D eigenvalue weighted by molar-refractivity contribution is 5.72. The Balaban J connectivity index is 1.98. The second-order valence-corrected chi connectivity index (χ2v) is 3.99. The number of aliphatic carboxylic acids is 1. The first-order chi connectivity index (χ1) is 6.16. The summed E-state index contributed by atoms with van der Waals surface area (Å²) in [4.78, 5) is 10.7. The molecule has 0 saturated carbocycles. The Morgan fingerprint density at radius 2 is 2.31 bits per heavy atom. The van der Waals surface area contributed by atoms with Crippen LogP contribution in [-0.4, -0.2) is 35.4 Å². The van der Waals surface area contributed by atoms with E-state index in [0.29, 0.717) is 12.5 Å². The second-order valence-electron chi connectivity index (χ2n) is 3.99. The average molecular weight is 185 g/mol. The van der Waals surface area contributed by atoms with Crippen LogP contribution in [0.15, 0.2) is 0 Å². The molecule has 4 atom stereocenters. The maximum absolute atomic E-state index is 10.7. The molecule has 0 radical (unpaired) electrons. The van der Waals surface area contributed by atoms with Crippen LogP contribution in [0.3, 0.4) is 0 Å². The lowest BCUT2D eigenvalue weighted by molar-refractivity contribution is -0.149. The Labute approximate surface area is 77.3 Å². The molecule has 2 aliphatic rings. The quantitative estimate of drug-likeness (QED) is 0.619. The molecule has 0 amide bonds. The normalized spacial score (nSPS) is 44.4. The number of fused-ring (bicyclic) bond motifs is 1. The highest BCUT2D eigenvalue weighted by Crippen LogP contribution is 2.28. The van der Waals surface area contributed by atoms with Crippen LogP contribution in [0.1, 0.15) is 26.2 Å². The van der Waals surface area contributed by atoms with Crippen molar-refractivity contribution in [1.29, 1.82) is 0 Å². The standard InChI is InChI=1S/C9H15NO3/c1-5-2-3-7-6(10-5)4-8(13-7)9(11)12/h5-8,10H,2-4H2,1H3,(H,11,12). The Bertz CT molecular complexity index is 219. The van der Waals surface area contributed by atoms with Crippen LogP contribution in [-0.2, 0) is 9.53 Å². The number of ether oxygens (including phenoxy) is 1. The van der Waals surface area contributed by atoms with E-state index in [1.807, 2.05) is 0 Å². The van der Waals surface area contributed by atoms with Crippen molar-refractivity contribution in [1.82, 2.24) is 5.32 Å². The van der Waals surface area contributed by atoms with Gasteiger partial charge in [0.15, 0.2) is 6.10 Å². The first-order valence-electron chi connectivity index (χ1n) is 4.81. The molecule has 0 aliphatic carbocycles. The monoisotopic (exact) mass is 185 g/mol. The summed E-state index contributed by atoms with van der Waals surface area (Å²) in [7, 11) is 0. The predicted octanol–water partition coefficient (Wildman–Crippen LogP) is 0.369. The van der Waals surface area contributed by atoms with Gasteiger partial charge in [0.2, 0.25) is 0 Å². The van der Waals surface area contributed by atoms with Gasteiger partial charge in [-0.1, -0.05) is 0 Å². The van der Waals surface area contributed by atoms with Gasteiger partial charge in [0.25, 0.3) is 0 Å². The number of carboxylic acid groups (broad SMARTS) is 1. The van der Waals surface area contributed by atoms with Crippen LogP contribution < -0.4 is 5.32 Å². The van der Waals surface area contributed by atoms with E-state index in [2.05, 4.69) is 12.2 Å². The first kappa shape index (κ1) is 8.97. The molecule has 2 N–H and O–H groups in total. The van der Waals surface area contributed by atoms with Gasteiger partial charge in [-0.2, -0.15) is 0 Å². The number of carboxylic acids is 1. The summed E-state index contributed by atoms with van der Waals surface area (Å²) in [6.07, 6.45) is 2.21. The lowest BCUT2D eigenvalue weighted by Gasteiger charge is -2.29. The molecule has 13 heavy (non-hydrogen) atoms. The number of hydrogen-bond acceptors (Lipinski definition) is 3. The minimum Gasteiger partial charge on any atom is -0.479 e. The molecule has 2 rings (SSSR count). The molecule has 2 saturated heterocycles. The molecule has 2 aliphatic heterocycles. The Kier molecular flexibility index (Phi) is 2.26. The minimum atomic E-state index is -0.830. The zero-order valence-electron chi connectivity index (χ0n) is 7.69. The summed E-state index contributed by atoms with van der Waals surface area (Å²) in [6.45, 7) is 2.13. The van der Waals surface area contributed by atoms with Crippen molar-refractivity contribution < 1.29 is 14.6 Å². The number of piperidine rings is 1. The molecule has 4 heteroatoms. The summed E-state index contributed by atoms with van der Waals surface area (Å²) < 4.78 is 5.41. The molecule has 0 spiro atoms. The molecule has 0 aromatic carbocycles. The van der Waals surface area contributed by atoms with E-state index < -0.39 is 12.1 Å². The lowest BCUT2D eigenvalue weighted by atomic mass is 9.96. The number of carbonyl (C=O) groups is 1. The smallest absolute Gasteiger partial charge is 0.332 e. The van der Waals surface area contributed by atoms with Crippen molar-refractivity contribution in [3.8, 4) is 0 Å². The molecule has 2 fully saturated rings. The van der Waals surface area contributed by atoms with Crippen LogP contribution in [0, 0.1) is 0 Å². The molecular weight excluding hydrogens is 170 g/mol. The third-order valence-corrected chi connectivity index (χ3v) is 2.91. The van der Waals surface area contributed by atoms with Gasteiger partial charge in [-0.15, -0.1) is 0 Å². The Hall–Kier alpha value is -0.610. The molecule has 0 aromatic rings. The molecule has 74 valence electrons. The molecule has 4 unspecified atom stereocenters. The molecular formula is C9H15NO3. The van der Waals surface area contributed by atoms with Crippen molar-refractivity contribution in [3.05, 3.63) is 0 Å². The van der Waals surface area contributed by atoms with Gasteiger partial charge in [-0.3, -0.25) is 0 Å². The van der Waals surface area contributed by atoms with Crippen LogP contribution in [0.2, 0.25) is 0 Å². The van der Waals surface area contributed by atoms with Gasteiger partial charge in [-0.05, 0) is 19.8 Å². The van der Waals surface area contributed by atoms with Crippen LogP contribution >= 0.6 is 0 Å². The zero-order chi connectivity index (χ0) is 9.42. The van der Waals surface area contributed by atoms with Gasteiger partial charge in [0.05, 0.1) is 6.10 Å². The number of nitrogens with one attached hydrogen (secondary N) is 1. The van der Waals surface area contributed by atoms with E-state index >= 15 is 0 Å². The van der Waals surface area contributed by atoms with Gasteiger partial charge >= 0.3 is 5.97 Å². The van der Waals surface area contributed by atoms with Crippen molar-refractivity contribution in [2.45, 2.75) is 50.5 Å². The van der Waals surface area contributed by atoms with Crippen molar-refractivity contribution >= 4 is 5.97 Å². The van der Waals surface area contributed by atoms with Gasteiger partial charge in [0.1, 0.15) is 0 Å². The highest BCUT2D eigenvalue weighted by Gasteiger charge is 2.41. The van der Waals surface area contributed by atoms with Crippen molar-refractivity contribution in [3.63, 3.8) is 0 Å². The number of hydrogen-bond donors (Lipinski definition) is 2. The van der Waals surface area contributed by atoms with E-state index in [1.54, 1.807) is 0 Å². The maximum atomic E-state index is 10.7. The summed E-state index contributed by atoms with van der Waals surface area (Å²) >= 11 is 0. The fourth-order valence-electron chi connectivity index (χ4n) is 2.21. The van der Waals surface area contributed by atoms with Crippen LogP contribution in [0.25, 0.3) is 0 Å². The minimum absolute atomic E-state index is 0.122. The fourth-order valence-corrected chi connectivity index (χ4v) is 2.21. The first-order valence-corrected chi connectivity index (χ1v) is 4.81. The van der Waals surface area contributed by atoms with Crippen LogP contribution in [0.5, 0.6) is 0 Å². The largest absolute Gasteiger partial charge is 0.479 e. The zero-order valence-corrected chi connectivity index (χ0v) is 7.69. The van der Waals surface area contributed by atoms with Gasteiger partial charge in [-0.25, -0.2) is 4.79 Å². The summed E-state index contributed by atoms with van der Waals surface area (Å²) in [5.41, 5.74) is 0. The fraction of sp³-hybridized carbons (Fsp3) is 0.889.